The van der Waals surface area contributed by atoms with E-state index in [0.717, 1.165) is 29.7 Å². The van der Waals surface area contributed by atoms with Crippen molar-refractivity contribution in [1.29, 1.82) is 0 Å². The van der Waals surface area contributed by atoms with E-state index in [1.807, 2.05) is 19.3 Å². The number of nitrogens with zero attached hydrogens (tertiary/aromatic N) is 3. The highest BCUT2D eigenvalue weighted by Gasteiger charge is 2.04. The van der Waals surface area contributed by atoms with Gasteiger partial charge in [0.1, 0.15) is 0 Å². The summed E-state index contributed by atoms with van der Waals surface area (Å²) in [5.74, 6) is 0. The molecule has 0 aliphatic rings. The Bertz CT molecular complexity index is 448. The van der Waals surface area contributed by atoms with Crippen LogP contribution in [0.4, 0.5) is 5.69 Å². The number of aryl methyl sites for hydroxylation is 1. The number of hydrogen-bond acceptors (Lipinski definition) is 4. The second-order valence-corrected chi connectivity index (χ2v) is 3.43. The quantitative estimate of drug-likeness (QED) is 0.722. The summed E-state index contributed by atoms with van der Waals surface area (Å²) in [7, 11) is 1.89. The molecule has 0 aromatic carbocycles. The summed E-state index contributed by atoms with van der Waals surface area (Å²) in [6, 6.07) is 1.96. The molecular weight excluding hydrogens is 190 g/mol. The number of fused-ring (bicyclic) bond motifs is 1. The molecule has 0 saturated carbocycles. The summed E-state index contributed by atoms with van der Waals surface area (Å²) in [5.41, 5.74) is 7.41. The summed E-state index contributed by atoms with van der Waals surface area (Å²) in [4.78, 5) is 4.27. The molecule has 2 heterocycles. The molecule has 15 heavy (non-hydrogen) atoms. The van der Waals surface area contributed by atoms with Gasteiger partial charge in [-0.25, -0.2) is 4.98 Å². The summed E-state index contributed by atoms with van der Waals surface area (Å²) in [6.45, 7) is 1.58. The van der Waals surface area contributed by atoms with E-state index >= 15 is 0 Å². The third kappa shape index (κ3) is 1.92. The van der Waals surface area contributed by atoms with Crippen molar-refractivity contribution in [2.75, 3.05) is 18.4 Å². The van der Waals surface area contributed by atoms with Gasteiger partial charge in [-0.2, -0.15) is 5.10 Å². The third-order valence-corrected chi connectivity index (χ3v) is 2.33. The van der Waals surface area contributed by atoms with Gasteiger partial charge in [0, 0.05) is 25.5 Å². The first-order valence-electron chi connectivity index (χ1n) is 5.03. The van der Waals surface area contributed by atoms with Crippen LogP contribution in [0.1, 0.15) is 6.42 Å². The van der Waals surface area contributed by atoms with Crippen LogP contribution in [-0.4, -0.2) is 27.9 Å². The van der Waals surface area contributed by atoms with Gasteiger partial charge in [-0.3, -0.25) is 4.68 Å². The zero-order valence-corrected chi connectivity index (χ0v) is 8.77. The normalized spacial score (nSPS) is 10.8. The average Bonchev–Trinajstić information content (AvgIpc) is 2.62. The highest BCUT2D eigenvalue weighted by atomic mass is 15.3. The molecule has 2 aromatic rings. The Balaban J connectivity index is 2.26. The lowest BCUT2D eigenvalue weighted by Gasteiger charge is -2.05. The van der Waals surface area contributed by atoms with E-state index in [1.165, 1.54) is 0 Å². The largest absolute Gasteiger partial charge is 0.384 e. The molecule has 0 spiro atoms. The predicted octanol–water partition coefficient (Wildman–Crippen LogP) is 0.729. The minimum absolute atomic E-state index is 0.703. The molecule has 0 aliphatic carbocycles. The fourth-order valence-corrected chi connectivity index (χ4v) is 1.53. The first kappa shape index (κ1) is 9.92. The standard InChI is InChI=1S/C10H15N5/c1-15-10-8(7-14-15)9(3-6-13-10)12-5-2-4-11/h3,6-7H,2,4-5,11H2,1H3,(H,12,13). The molecule has 0 radical (unpaired) electrons. The molecule has 0 bridgehead atoms. The lowest BCUT2D eigenvalue weighted by Crippen LogP contribution is -2.08. The van der Waals surface area contributed by atoms with Crippen LogP contribution in [0, 0.1) is 0 Å². The highest BCUT2D eigenvalue weighted by Crippen LogP contribution is 2.19. The molecule has 5 nitrogen and oxygen atoms in total. The first-order valence-corrected chi connectivity index (χ1v) is 5.03. The van der Waals surface area contributed by atoms with Crippen LogP contribution in [0.5, 0.6) is 0 Å². The van der Waals surface area contributed by atoms with Crippen LogP contribution in [0.3, 0.4) is 0 Å². The Labute approximate surface area is 88.3 Å². The van der Waals surface area contributed by atoms with Crippen molar-refractivity contribution >= 4 is 16.7 Å². The number of anilines is 1. The summed E-state index contributed by atoms with van der Waals surface area (Å²) in [6.07, 6.45) is 4.58. The SMILES string of the molecule is Cn1ncc2c(NCCCN)ccnc21. The molecule has 0 fully saturated rings. The van der Waals surface area contributed by atoms with Crippen molar-refractivity contribution in [3.05, 3.63) is 18.5 Å². The number of rotatable bonds is 4. The Morgan fingerprint density at radius 2 is 2.40 bits per heavy atom. The van der Waals surface area contributed by atoms with Crippen LogP contribution in [0.15, 0.2) is 18.5 Å². The van der Waals surface area contributed by atoms with Crippen molar-refractivity contribution in [3.8, 4) is 0 Å². The lowest BCUT2D eigenvalue weighted by molar-refractivity contribution is 0.786. The second kappa shape index (κ2) is 4.27. The highest BCUT2D eigenvalue weighted by molar-refractivity contribution is 5.88. The van der Waals surface area contributed by atoms with Crippen LogP contribution in [0.2, 0.25) is 0 Å². The van der Waals surface area contributed by atoms with Gasteiger partial charge in [0.05, 0.1) is 11.6 Å². The van der Waals surface area contributed by atoms with Crippen LogP contribution in [-0.2, 0) is 7.05 Å². The second-order valence-electron chi connectivity index (χ2n) is 3.43. The van der Waals surface area contributed by atoms with Crippen LogP contribution < -0.4 is 11.1 Å². The van der Waals surface area contributed by atoms with Gasteiger partial charge in [0.2, 0.25) is 0 Å². The maximum Gasteiger partial charge on any atom is 0.159 e. The molecule has 0 amide bonds. The van der Waals surface area contributed by atoms with Gasteiger partial charge in [-0.15, -0.1) is 0 Å². The Morgan fingerprint density at radius 1 is 1.53 bits per heavy atom. The van der Waals surface area contributed by atoms with Gasteiger partial charge < -0.3 is 11.1 Å². The van der Waals surface area contributed by atoms with Crippen molar-refractivity contribution in [2.45, 2.75) is 6.42 Å². The fourth-order valence-electron chi connectivity index (χ4n) is 1.53. The van der Waals surface area contributed by atoms with Gasteiger partial charge in [-0.05, 0) is 19.0 Å². The molecular formula is C10H15N5. The monoisotopic (exact) mass is 205 g/mol. The fraction of sp³-hybridized carbons (Fsp3) is 0.400. The van der Waals surface area contributed by atoms with E-state index in [1.54, 1.807) is 10.9 Å². The minimum atomic E-state index is 0.703. The Morgan fingerprint density at radius 3 is 3.20 bits per heavy atom. The molecule has 2 rings (SSSR count). The molecule has 5 heteroatoms. The number of nitrogens with one attached hydrogen (secondary N) is 1. The summed E-state index contributed by atoms with van der Waals surface area (Å²) in [5, 5.41) is 8.56. The van der Waals surface area contributed by atoms with Crippen LogP contribution >= 0.6 is 0 Å². The smallest absolute Gasteiger partial charge is 0.159 e. The van der Waals surface area contributed by atoms with Crippen LogP contribution in [0.25, 0.3) is 11.0 Å². The molecule has 80 valence electrons. The lowest BCUT2D eigenvalue weighted by atomic mass is 10.3. The zero-order chi connectivity index (χ0) is 10.7. The predicted molar refractivity (Wildman–Crippen MR) is 60.7 cm³/mol. The molecule has 0 atom stereocenters. The zero-order valence-electron chi connectivity index (χ0n) is 8.77. The summed E-state index contributed by atoms with van der Waals surface area (Å²) < 4.78 is 1.77. The van der Waals surface area contributed by atoms with Gasteiger partial charge in [-0.1, -0.05) is 0 Å². The Hall–Kier alpha value is -1.62. The van der Waals surface area contributed by atoms with E-state index < -0.39 is 0 Å². The number of pyridine rings is 1. The minimum Gasteiger partial charge on any atom is -0.384 e. The van der Waals surface area contributed by atoms with Gasteiger partial charge >= 0.3 is 0 Å². The molecule has 0 saturated heterocycles. The average molecular weight is 205 g/mol. The van der Waals surface area contributed by atoms with Gasteiger partial charge in [0.25, 0.3) is 0 Å². The van der Waals surface area contributed by atoms with E-state index in [4.69, 9.17) is 5.73 Å². The van der Waals surface area contributed by atoms with E-state index in [9.17, 15) is 0 Å². The van der Waals surface area contributed by atoms with Gasteiger partial charge in [0.15, 0.2) is 5.65 Å². The van der Waals surface area contributed by atoms with E-state index in [2.05, 4.69) is 15.4 Å². The van der Waals surface area contributed by atoms with E-state index in [0.29, 0.717) is 6.54 Å². The van der Waals surface area contributed by atoms with Crippen molar-refractivity contribution < 1.29 is 0 Å². The van der Waals surface area contributed by atoms with E-state index in [-0.39, 0.29) is 0 Å². The molecule has 3 N–H and O–H groups in total. The summed E-state index contributed by atoms with van der Waals surface area (Å²) >= 11 is 0. The van der Waals surface area contributed by atoms with Crippen molar-refractivity contribution in [1.82, 2.24) is 14.8 Å². The number of nitrogens with two attached hydrogens (primary N) is 1. The number of hydrogen-bond donors (Lipinski definition) is 2. The maximum absolute atomic E-state index is 5.44. The topological polar surface area (TPSA) is 68.8 Å². The van der Waals surface area contributed by atoms with Crippen molar-refractivity contribution in [3.63, 3.8) is 0 Å². The first-order chi connectivity index (χ1) is 7.33. The third-order valence-electron chi connectivity index (χ3n) is 2.33. The van der Waals surface area contributed by atoms with Crippen molar-refractivity contribution in [2.24, 2.45) is 12.8 Å². The molecule has 0 unspecified atom stereocenters. The molecule has 2 aromatic heterocycles. The molecule has 0 aliphatic heterocycles. The Kier molecular flexibility index (Phi) is 2.82. The maximum atomic E-state index is 5.44. The number of aromatic nitrogens is 3.